The quantitative estimate of drug-likeness (QED) is 0.0308. The van der Waals surface area contributed by atoms with Crippen molar-refractivity contribution in [1.82, 2.24) is 5.32 Å². The van der Waals surface area contributed by atoms with Gasteiger partial charge in [-0.25, -0.2) is 0 Å². The largest absolute Gasteiger partial charge is 0.394 e. The Morgan fingerprint density at radius 3 is 1.60 bits per heavy atom. The molecule has 0 aromatic rings. The molecule has 1 amide bonds. The number of nitrogens with one attached hydrogen (secondary N) is 1. The minimum atomic E-state index is -1.58. The first-order valence-corrected chi connectivity index (χ1v) is 20.6. The molecule has 310 valence electrons. The van der Waals surface area contributed by atoms with E-state index in [1.807, 2.05) is 6.08 Å². The molecule has 1 aliphatic rings. The normalized spacial score (nSPS) is 22.5. The second kappa shape index (κ2) is 35.3. The Hall–Kier alpha value is -3.15. The maximum Gasteiger partial charge on any atom is 0.220 e. The zero-order valence-corrected chi connectivity index (χ0v) is 33.6. The van der Waals surface area contributed by atoms with E-state index in [9.17, 15) is 30.3 Å². The lowest BCUT2D eigenvalue weighted by atomic mass is 9.99. The molecule has 9 nitrogen and oxygen atoms in total. The topological polar surface area (TPSA) is 149 Å². The molecule has 6 N–H and O–H groups in total. The second-order valence-corrected chi connectivity index (χ2v) is 13.7. The first kappa shape index (κ1) is 49.9. The fourth-order valence-corrected chi connectivity index (χ4v) is 5.52. The molecule has 7 unspecified atom stereocenters. The van der Waals surface area contributed by atoms with E-state index < -0.39 is 49.5 Å². The predicted molar refractivity (Wildman–Crippen MR) is 225 cm³/mol. The Balaban J connectivity index is 2.28. The molecule has 1 saturated heterocycles. The molecule has 0 aromatic carbocycles. The van der Waals surface area contributed by atoms with Crippen molar-refractivity contribution >= 4 is 5.91 Å². The Morgan fingerprint density at radius 2 is 1.11 bits per heavy atom. The Morgan fingerprint density at radius 1 is 0.636 bits per heavy atom. The Bertz CT molecular complexity index is 1210. The lowest BCUT2D eigenvalue weighted by Gasteiger charge is -2.40. The minimum absolute atomic E-state index is 0.217. The standard InChI is InChI=1S/C46H73NO8/c1-3-5-7-9-10-11-12-13-14-15-16-17-18-19-20-21-22-23-24-25-26-27-28-29-30-32-34-36-42(50)47-39(40(49)35-33-31-8-6-4-2)38-54-46-45(53)44(52)43(51)41(37-48)55-46/h5,7,10-11,13-14,16-17,19-20,22-23,25-26,28-29,33,35,39-41,43-46,48-49,51-53H,3-4,6,8-9,12,15,18,21,24,27,30-32,34,36-38H2,1-2H3,(H,47,50)/b7-5-,11-10-,14-13-,17-16-,20-19-,23-22-,26-25-,29-28-,35-33+. The van der Waals surface area contributed by atoms with Crippen LogP contribution in [-0.4, -0.2) is 87.5 Å². The average molecular weight is 768 g/mol. The van der Waals surface area contributed by atoms with Crippen molar-refractivity contribution in [1.29, 1.82) is 0 Å². The highest BCUT2D eigenvalue weighted by Gasteiger charge is 2.44. The summed E-state index contributed by atoms with van der Waals surface area (Å²) in [6, 6.07) is -0.832. The van der Waals surface area contributed by atoms with Crippen molar-refractivity contribution in [2.75, 3.05) is 13.2 Å². The van der Waals surface area contributed by atoms with E-state index in [4.69, 9.17) is 9.47 Å². The van der Waals surface area contributed by atoms with Crippen LogP contribution >= 0.6 is 0 Å². The maximum absolute atomic E-state index is 12.8. The molecule has 1 aliphatic heterocycles. The molecule has 0 aromatic heterocycles. The smallest absolute Gasteiger partial charge is 0.220 e. The van der Waals surface area contributed by atoms with Gasteiger partial charge in [-0.05, 0) is 83.5 Å². The highest BCUT2D eigenvalue weighted by molar-refractivity contribution is 5.76. The van der Waals surface area contributed by atoms with Crippen LogP contribution in [0.1, 0.15) is 117 Å². The fourth-order valence-electron chi connectivity index (χ4n) is 5.52. The van der Waals surface area contributed by atoms with Gasteiger partial charge < -0.3 is 40.3 Å². The molecule has 0 aliphatic carbocycles. The molecule has 1 fully saturated rings. The van der Waals surface area contributed by atoms with E-state index in [1.54, 1.807) is 6.08 Å². The summed E-state index contributed by atoms with van der Waals surface area (Å²) in [6.07, 6.45) is 44.7. The van der Waals surface area contributed by atoms with Crippen molar-refractivity contribution in [2.24, 2.45) is 0 Å². The molecule has 0 bridgehead atoms. The van der Waals surface area contributed by atoms with Gasteiger partial charge in [-0.15, -0.1) is 0 Å². The number of carbonyl (C=O) groups is 1. The van der Waals surface area contributed by atoms with Crippen molar-refractivity contribution in [3.63, 3.8) is 0 Å². The summed E-state index contributed by atoms with van der Waals surface area (Å²) in [4.78, 5) is 12.8. The highest BCUT2D eigenvalue weighted by Crippen LogP contribution is 2.22. The summed E-state index contributed by atoms with van der Waals surface area (Å²) in [5.74, 6) is -0.234. The van der Waals surface area contributed by atoms with Crippen molar-refractivity contribution in [2.45, 2.75) is 159 Å². The summed E-state index contributed by atoms with van der Waals surface area (Å²) in [5, 5.41) is 53.5. The van der Waals surface area contributed by atoms with Gasteiger partial charge in [0.25, 0.3) is 0 Å². The molecular formula is C46H73NO8. The summed E-state index contributed by atoms with van der Waals surface area (Å²) >= 11 is 0. The number of allylic oxidation sites excluding steroid dienone is 17. The van der Waals surface area contributed by atoms with Gasteiger partial charge in [-0.3, -0.25) is 4.79 Å². The fraction of sp³-hybridized carbons (Fsp3) is 0.587. The van der Waals surface area contributed by atoms with Crippen LogP contribution in [0.15, 0.2) is 109 Å². The van der Waals surface area contributed by atoms with Crippen LogP contribution in [0.5, 0.6) is 0 Å². The van der Waals surface area contributed by atoms with Gasteiger partial charge >= 0.3 is 0 Å². The number of carbonyl (C=O) groups excluding carboxylic acids is 1. The number of unbranched alkanes of at least 4 members (excludes halogenated alkanes) is 5. The monoisotopic (exact) mass is 768 g/mol. The van der Waals surface area contributed by atoms with Crippen LogP contribution in [0, 0.1) is 0 Å². The van der Waals surface area contributed by atoms with E-state index in [-0.39, 0.29) is 18.9 Å². The third kappa shape index (κ3) is 26.4. The summed E-state index contributed by atoms with van der Waals surface area (Å²) < 4.78 is 11.1. The van der Waals surface area contributed by atoms with Gasteiger partial charge in [0.05, 0.1) is 25.4 Å². The summed E-state index contributed by atoms with van der Waals surface area (Å²) in [7, 11) is 0. The van der Waals surface area contributed by atoms with Crippen LogP contribution in [0.2, 0.25) is 0 Å². The highest BCUT2D eigenvalue weighted by atomic mass is 16.7. The van der Waals surface area contributed by atoms with E-state index in [0.717, 1.165) is 89.9 Å². The molecule has 9 heteroatoms. The zero-order chi connectivity index (χ0) is 40.2. The number of hydrogen-bond acceptors (Lipinski definition) is 8. The molecule has 0 spiro atoms. The lowest BCUT2D eigenvalue weighted by Crippen LogP contribution is -2.60. The van der Waals surface area contributed by atoms with Crippen LogP contribution in [0.4, 0.5) is 0 Å². The first-order chi connectivity index (χ1) is 26.8. The number of rotatable bonds is 31. The van der Waals surface area contributed by atoms with Crippen LogP contribution < -0.4 is 5.32 Å². The van der Waals surface area contributed by atoms with Crippen LogP contribution in [-0.2, 0) is 14.3 Å². The number of hydrogen-bond donors (Lipinski definition) is 6. The molecule has 55 heavy (non-hydrogen) atoms. The van der Waals surface area contributed by atoms with Gasteiger partial charge in [0.1, 0.15) is 24.4 Å². The third-order valence-corrected chi connectivity index (χ3v) is 8.85. The van der Waals surface area contributed by atoms with Gasteiger partial charge in [-0.2, -0.15) is 0 Å². The van der Waals surface area contributed by atoms with Crippen LogP contribution in [0.3, 0.4) is 0 Å². The maximum atomic E-state index is 12.8. The predicted octanol–water partition coefficient (Wildman–Crippen LogP) is 7.94. The summed E-state index contributed by atoms with van der Waals surface area (Å²) in [5.41, 5.74) is 0. The second-order valence-electron chi connectivity index (χ2n) is 13.7. The number of aliphatic hydroxyl groups excluding tert-OH is 5. The van der Waals surface area contributed by atoms with Crippen molar-refractivity contribution in [3.8, 4) is 0 Å². The van der Waals surface area contributed by atoms with Gasteiger partial charge in [0.2, 0.25) is 5.91 Å². The zero-order valence-electron chi connectivity index (χ0n) is 33.6. The van der Waals surface area contributed by atoms with E-state index in [2.05, 4.69) is 116 Å². The molecule has 7 atom stereocenters. The Kier molecular flexibility index (Phi) is 32.0. The SMILES string of the molecule is CC/C=C\C/C=C\C/C=C\C/C=C\C/C=C\C/C=C\C/C=C\C/C=C\CCCCC(=O)NC(COC1OC(CO)C(O)C(O)C1O)C(O)/C=C/CCCCC. The van der Waals surface area contributed by atoms with Crippen molar-refractivity contribution < 1.29 is 39.8 Å². The van der Waals surface area contributed by atoms with E-state index in [0.29, 0.717) is 6.42 Å². The van der Waals surface area contributed by atoms with Crippen molar-refractivity contribution in [3.05, 3.63) is 109 Å². The number of aliphatic hydroxyl groups is 5. The van der Waals surface area contributed by atoms with Gasteiger partial charge in [-0.1, -0.05) is 136 Å². The molecular weight excluding hydrogens is 695 g/mol. The minimum Gasteiger partial charge on any atom is -0.394 e. The van der Waals surface area contributed by atoms with E-state index >= 15 is 0 Å². The first-order valence-electron chi connectivity index (χ1n) is 20.6. The lowest BCUT2D eigenvalue weighted by molar-refractivity contribution is -0.302. The van der Waals surface area contributed by atoms with Gasteiger partial charge in [0, 0.05) is 6.42 Å². The third-order valence-electron chi connectivity index (χ3n) is 8.85. The number of amides is 1. The Labute approximate surface area is 332 Å². The number of ether oxygens (including phenoxy) is 2. The van der Waals surface area contributed by atoms with Gasteiger partial charge in [0.15, 0.2) is 6.29 Å². The summed E-state index contributed by atoms with van der Waals surface area (Å²) in [6.45, 7) is 3.47. The molecule has 1 heterocycles. The molecule has 0 radical (unpaired) electrons. The molecule has 1 rings (SSSR count). The van der Waals surface area contributed by atoms with E-state index in [1.165, 1.54) is 0 Å². The molecule has 0 saturated carbocycles. The van der Waals surface area contributed by atoms with Crippen LogP contribution in [0.25, 0.3) is 0 Å². The average Bonchev–Trinajstić information content (AvgIpc) is 3.18.